The molecule has 0 saturated carbocycles. The van der Waals surface area contributed by atoms with Gasteiger partial charge in [-0.2, -0.15) is 13.2 Å². The van der Waals surface area contributed by atoms with E-state index in [1.54, 1.807) is 6.07 Å². The summed E-state index contributed by atoms with van der Waals surface area (Å²) in [5.41, 5.74) is 5.55. The van der Waals surface area contributed by atoms with E-state index < -0.39 is 17.8 Å². The topological polar surface area (TPSA) is 49.5 Å². The number of hydrogen-bond acceptors (Lipinski definition) is 3. The van der Waals surface area contributed by atoms with Gasteiger partial charge in [0.25, 0.3) is 0 Å². The van der Waals surface area contributed by atoms with Crippen molar-refractivity contribution in [3.63, 3.8) is 0 Å². The maximum absolute atomic E-state index is 12.8. The van der Waals surface area contributed by atoms with Gasteiger partial charge < -0.3 is 10.8 Å². The molecule has 0 aromatic heterocycles. The minimum Gasteiger partial charge on any atom is -0.392 e. The summed E-state index contributed by atoms with van der Waals surface area (Å²) in [5, 5.41) is 9.86. The number of β-amino-alcohol motifs (C(OH)–C–C–N with tert-alkyl or cyclic N) is 1. The highest BCUT2D eigenvalue weighted by Crippen LogP contribution is 2.36. The molecule has 3 unspecified atom stereocenters. The van der Waals surface area contributed by atoms with Gasteiger partial charge in [0, 0.05) is 18.5 Å². The highest BCUT2D eigenvalue weighted by Gasteiger charge is 2.35. The average molecular weight is 316 g/mol. The lowest BCUT2D eigenvalue weighted by Gasteiger charge is -2.27. The standard InChI is InChI=1S/C16H23F3N2O/c1-11-15(6-8-21(11)10-14(22)5-7-20)12-3-2-4-13(9-12)16(17,18)19/h2-4,9,11,14-15,22H,5-8,10,20H2,1H3. The summed E-state index contributed by atoms with van der Waals surface area (Å²) in [4.78, 5) is 2.13. The van der Waals surface area contributed by atoms with E-state index in [4.69, 9.17) is 5.73 Å². The highest BCUT2D eigenvalue weighted by atomic mass is 19.4. The number of aliphatic hydroxyl groups excluding tert-OH is 1. The van der Waals surface area contributed by atoms with E-state index in [1.165, 1.54) is 12.1 Å². The summed E-state index contributed by atoms with van der Waals surface area (Å²) in [6.45, 7) is 3.74. The molecule has 1 aromatic rings. The van der Waals surface area contributed by atoms with Crippen molar-refractivity contribution in [2.45, 2.75) is 44.0 Å². The van der Waals surface area contributed by atoms with Crippen LogP contribution in [-0.4, -0.2) is 41.8 Å². The Morgan fingerprint density at radius 2 is 2.14 bits per heavy atom. The molecule has 124 valence electrons. The van der Waals surface area contributed by atoms with Gasteiger partial charge in [0.05, 0.1) is 11.7 Å². The molecule has 0 amide bonds. The Balaban J connectivity index is 2.08. The molecule has 3 nitrogen and oxygen atoms in total. The van der Waals surface area contributed by atoms with Crippen molar-refractivity contribution in [2.75, 3.05) is 19.6 Å². The molecule has 0 radical (unpaired) electrons. The second-order valence-electron chi connectivity index (χ2n) is 5.99. The fraction of sp³-hybridized carbons (Fsp3) is 0.625. The molecule has 22 heavy (non-hydrogen) atoms. The van der Waals surface area contributed by atoms with E-state index >= 15 is 0 Å². The second kappa shape index (κ2) is 6.98. The molecule has 2 rings (SSSR count). The minimum atomic E-state index is -4.31. The number of benzene rings is 1. The van der Waals surface area contributed by atoms with Crippen LogP contribution in [0.15, 0.2) is 24.3 Å². The van der Waals surface area contributed by atoms with Gasteiger partial charge >= 0.3 is 6.18 Å². The van der Waals surface area contributed by atoms with E-state index in [-0.39, 0.29) is 12.0 Å². The van der Waals surface area contributed by atoms with Crippen molar-refractivity contribution in [2.24, 2.45) is 5.73 Å². The fourth-order valence-corrected chi connectivity index (χ4v) is 3.21. The zero-order chi connectivity index (χ0) is 16.3. The van der Waals surface area contributed by atoms with Crippen LogP contribution in [0.3, 0.4) is 0 Å². The smallest absolute Gasteiger partial charge is 0.392 e. The van der Waals surface area contributed by atoms with Crippen LogP contribution < -0.4 is 5.73 Å². The number of likely N-dealkylation sites (tertiary alicyclic amines) is 1. The van der Waals surface area contributed by atoms with Gasteiger partial charge in [-0.05, 0) is 44.5 Å². The molecule has 3 atom stereocenters. The van der Waals surface area contributed by atoms with Gasteiger partial charge in [0.1, 0.15) is 0 Å². The third-order valence-corrected chi connectivity index (χ3v) is 4.47. The summed E-state index contributed by atoms with van der Waals surface area (Å²) >= 11 is 0. The quantitative estimate of drug-likeness (QED) is 0.878. The first-order valence-corrected chi connectivity index (χ1v) is 7.62. The predicted octanol–water partition coefficient (Wildman–Crippen LogP) is 2.59. The van der Waals surface area contributed by atoms with Crippen molar-refractivity contribution >= 4 is 0 Å². The molecule has 1 aromatic carbocycles. The molecule has 6 heteroatoms. The molecule has 0 spiro atoms. The lowest BCUT2D eigenvalue weighted by molar-refractivity contribution is -0.137. The molecule has 0 aliphatic carbocycles. The van der Waals surface area contributed by atoms with Crippen LogP contribution in [0.25, 0.3) is 0 Å². The first-order valence-electron chi connectivity index (χ1n) is 7.62. The Morgan fingerprint density at radius 3 is 2.77 bits per heavy atom. The highest BCUT2D eigenvalue weighted by molar-refractivity contribution is 5.30. The Labute approximate surface area is 128 Å². The number of alkyl halides is 3. The van der Waals surface area contributed by atoms with E-state index in [1.807, 2.05) is 6.92 Å². The maximum atomic E-state index is 12.8. The lowest BCUT2D eigenvalue weighted by atomic mass is 9.91. The van der Waals surface area contributed by atoms with Crippen molar-refractivity contribution in [3.05, 3.63) is 35.4 Å². The summed E-state index contributed by atoms with van der Waals surface area (Å²) in [6, 6.07) is 5.69. The zero-order valence-corrected chi connectivity index (χ0v) is 12.7. The molecule has 3 N–H and O–H groups in total. The fourth-order valence-electron chi connectivity index (χ4n) is 3.21. The molecular formula is C16H23F3N2O. The zero-order valence-electron chi connectivity index (χ0n) is 12.7. The van der Waals surface area contributed by atoms with Crippen molar-refractivity contribution < 1.29 is 18.3 Å². The molecule has 1 fully saturated rings. The van der Waals surface area contributed by atoms with Gasteiger partial charge in [-0.3, -0.25) is 4.90 Å². The van der Waals surface area contributed by atoms with E-state index in [0.29, 0.717) is 19.5 Å². The van der Waals surface area contributed by atoms with Gasteiger partial charge in [-0.15, -0.1) is 0 Å². The largest absolute Gasteiger partial charge is 0.416 e. The van der Waals surface area contributed by atoms with Crippen LogP contribution in [0, 0.1) is 0 Å². The van der Waals surface area contributed by atoms with Crippen LogP contribution >= 0.6 is 0 Å². The monoisotopic (exact) mass is 316 g/mol. The van der Waals surface area contributed by atoms with Crippen LogP contribution in [0.2, 0.25) is 0 Å². The number of hydrogen-bond donors (Lipinski definition) is 2. The first kappa shape index (κ1) is 17.2. The molecule has 1 aliphatic heterocycles. The van der Waals surface area contributed by atoms with Crippen LogP contribution in [0.5, 0.6) is 0 Å². The van der Waals surface area contributed by atoms with Gasteiger partial charge in [0.2, 0.25) is 0 Å². The first-order chi connectivity index (χ1) is 10.3. The van der Waals surface area contributed by atoms with Crippen molar-refractivity contribution in [1.82, 2.24) is 4.90 Å². The number of aliphatic hydroxyl groups is 1. The Kier molecular flexibility index (Phi) is 5.47. The van der Waals surface area contributed by atoms with Crippen molar-refractivity contribution in [3.8, 4) is 0 Å². The summed E-state index contributed by atoms with van der Waals surface area (Å²) in [5.74, 6) is 0.0624. The van der Waals surface area contributed by atoms with E-state index in [0.717, 1.165) is 24.6 Å². The minimum absolute atomic E-state index is 0.0624. The van der Waals surface area contributed by atoms with Crippen molar-refractivity contribution in [1.29, 1.82) is 0 Å². The molecule has 1 aliphatic rings. The Bertz CT molecular complexity index is 493. The molecule has 1 saturated heterocycles. The molecule has 0 bridgehead atoms. The van der Waals surface area contributed by atoms with Gasteiger partial charge in [0.15, 0.2) is 0 Å². The van der Waals surface area contributed by atoms with E-state index in [9.17, 15) is 18.3 Å². The summed E-state index contributed by atoms with van der Waals surface area (Å²) in [7, 11) is 0. The summed E-state index contributed by atoms with van der Waals surface area (Å²) < 4.78 is 38.5. The maximum Gasteiger partial charge on any atom is 0.416 e. The normalized spacial score (nSPS) is 24.6. The number of rotatable bonds is 5. The predicted molar refractivity (Wildman–Crippen MR) is 79.5 cm³/mol. The SMILES string of the molecule is CC1C(c2cccc(C(F)(F)F)c2)CCN1CC(O)CCN. The third kappa shape index (κ3) is 4.00. The average Bonchev–Trinajstić information content (AvgIpc) is 2.80. The number of halogens is 3. The molecular weight excluding hydrogens is 293 g/mol. The second-order valence-corrected chi connectivity index (χ2v) is 5.99. The van der Waals surface area contributed by atoms with E-state index in [2.05, 4.69) is 4.90 Å². The number of nitrogens with zero attached hydrogens (tertiary/aromatic N) is 1. The van der Waals surface area contributed by atoms with Gasteiger partial charge in [-0.1, -0.05) is 18.2 Å². The number of nitrogens with two attached hydrogens (primary N) is 1. The summed E-state index contributed by atoms with van der Waals surface area (Å²) in [6.07, 6.45) is -3.45. The van der Waals surface area contributed by atoms with Crippen LogP contribution in [-0.2, 0) is 6.18 Å². The Hall–Kier alpha value is -1.11. The van der Waals surface area contributed by atoms with Crippen LogP contribution in [0.1, 0.15) is 36.8 Å². The van der Waals surface area contributed by atoms with Gasteiger partial charge in [-0.25, -0.2) is 0 Å². The molecule has 1 heterocycles. The van der Waals surface area contributed by atoms with Crippen LogP contribution in [0.4, 0.5) is 13.2 Å². The Morgan fingerprint density at radius 1 is 1.41 bits per heavy atom. The lowest BCUT2D eigenvalue weighted by Crippen LogP contribution is -2.37. The third-order valence-electron chi connectivity index (χ3n) is 4.47.